The molecule has 0 aromatic heterocycles. The van der Waals surface area contributed by atoms with Crippen molar-refractivity contribution in [2.75, 3.05) is 21.3 Å². The maximum atomic E-state index is 11.2. The summed E-state index contributed by atoms with van der Waals surface area (Å²) in [6.07, 6.45) is 2.57. The number of ether oxygens (including phenoxy) is 3. The molecule has 5 nitrogen and oxygen atoms in total. The molecular weight excluding hydrogens is 270 g/mol. The quantitative estimate of drug-likeness (QED) is 0.781. The largest absolute Gasteiger partial charge is 0.497 e. The zero-order chi connectivity index (χ0) is 15.2. The molecular formula is C16H23NO4. The third kappa shape index (κ3) is 4.11. The van der Waals surface area contributed by atoms with Crippen LogP contribution in [0.2, 0.25) is 0 Å². The first-order chi connectivity index (χ1) is 10.2. The smallest absolute Gasteiger partial charge is 0.305 e. The van der Waals surface area contributed by atoms with Crippen molar-refractivity contribution in [1.29, 1.82) is 0 Å². The first-order valence-electron chi connectivity index (χ1n) is 7.17. The Morgan fingerprint density at radius 2 is 2.00 bits per heavy atom. The van der Waals surface area contributed by atoms with Gasteiger partial charge in [0.15, 0.2) is 0 Å². The van der Waals surface area contributed by atoms with Crippen LogP contribution in [0.4, 0.5) is 0 Å². The Bertz CT molecular complexity index is 483. The van der Waals surface area contributed by atoms with Crippen LogP contribution in [0.15, 0.2) is 18.2 Å². The molecule has 1 aromatic carbocycles. The van der Waals surface area contributed by atoms with Gasteiger partial charge in [-0.3, -0.25) is 4.79 Å². The van der Waals surface area contributed by atoms with E-state index in [0.717, 1.165) is 36.4 Å². The van der Waals surface area contributed by atoms with E-state index in [0.29, 0.717) is 18.4 Å². The van der Waals surface area contributed by atoms with Crippen LogP contribution in [0, 0.1) is 5.92 Å². The van der Waals surface area contributed by atoms with Crippen molar-refractivity contribution in [3.05, 3.63) is 23.8 Å². The fourth-order valence-electron chi connectivity index (χ4n) is 2.64. The molecule has 1 aliphatic rings. The van der Waals surface area contributed by atoms with E-state index in [2.05, 4.69) is 10.1 Å². The lowest BCUT2D eigenvalue weighted by molar-refractivity contribution is -0.142. The predicted octanol–water partition coefficient (Wildman–Crippen LogP) is 2.14. The van der Waals surface area contributed by atoms with E-state index in [1.54, 1.807) is 14.2 Å². The highest BCUT2D eigenvalue weighted by atomic mass is 16.5. The van der Waals surface area contributed by atoms with Crippen LogP contribution in [-0.2, 0) is 16.1 Å². The minimum atomic E-state index is -0.115. The highest BCUT2D eigenvalue weighted by molar-refractivity contribution is 5.69. The van der Waals surface area contributed by atoms with Gasteiger partial charge in [-0.1, -0.05) is 6.07 Å². The molecule has 1 aromatic rings. The number of carbonyl (C=O) groups is 1. The summed E-state index contributed by atoms with van der Waals surface area (Å²) in [5.41, 5.74) is 1.11. The van der Waals surface area contributed by atoms with E-state index in [-0.39, 0.29) is 5.97 Å². The van der Waals surface area contributed by atoms with E-state index < -0.39 is 0 Å². The molecule has 116 valence electrons. The van der Waals surface area contributed by atoms with Gasteiger partial charge in [-0.05, 0) is 24.8 Å². The summed E-state index contributed by atoms with van der Waals surface area (Å²) in [4.78, 5) is 11.2. The number of rotatable bonds is 7. The Morgan fingerprint density at radius 3 is 2.62 bits per heavy atom. The molecule has 0 spiro atoms. The number of methoxy groups -OCH3 is 3. The first kappa shape index (κ1) is 15.6. The second-order valence-corrected chi connectivity index (χ2v) is 5.37. The average Bonchev–Trinajstić information content (AvgIpc) is 2.48. The van der Waals surface area contributed by atoms with E-state index >= 15 is 0 Å². The summed E-state index contributed by atoms with van der Waals surface area (Å²) in [6.45, 7) is 0.753. The number of esters is 1. The first-order valence-corrected chi connectivity index (χ1v) is 7.17. The van der Waals surface area contributed by atoms with Crippen LogP contribution >= 0.6 is 0 Å². The van der Waals surface area contributed by atoms with Gasteiger partial charge < -0.3 is 19.5 Å². The van der Waals surface area contributed by atoms with E-state index in [1.807, 2.05) is 18.2 Å². The van der Waals surface area contributed by atoms with E-state index in [9.17, 15) is 4.79 Å². The molecule has 1 fully saturated rings. The van der Waals surface area contributed by atoms with Gasteiger partial charge in [0.1, 0.15) is 11.5 Å². The van der Waals surface area contributed by atoms with E-state index in [4.69, 9.17) is 9.47 Å². The number of hydrogen-bond acceptors (Lipinski definition) is 5. The summed E-state index contributed by atoms with van der Waals surface area (Å²) >= 11 is 0. The van der Waals surface area contributed by atoms with Crippen LogP contribution in [0.25, 0.3) is 0 Å². The third-order valence-electron chi connectivity index (χ3n) is 3.99. The van der Waals surface area contributed by atoms with Crippen molar-refractivity contribution in [2.45, 2.75) is 31.8 Å². The monoisotopic (exact) mass is 293 g/mol. The molecule has 0 radical (unpaired) electrons. The van der Waals surface area contributed by atoms with Gasteiger partial charge in [-0.2, -0.15) is 0 Å². The number of hydrogen-bond donors (Lipinski definition) is 1. The average molecular weight is 293 g/mol. The maximum Gasteiger partial charge on any atom is 0.305 e. The molecule has 5 heteroatoms. The van der Waals surface area contributed by atoms with Crippen molar-refractivity contribution in [2.24, 2.45) is 5.92 Å². The summed E-state index contributed by atoms with van der Waals surface area (Å²) < 4.78 is 15.3. The Morgan fingerprint density at radius 1 is 1.24 bits per heavy atom. The van der Waals surface area contributed by atoms with Crippen molar-refractivity contribution < 1.29 is 19.0 Å². The summed E-state index contributed by atoms with van der Waals surface area (Å²) in [7, 11) is 4.74. The van der Waals surface area contributed by atoms with Crippen LogP contribution in [0.3, 0.4) is 0 Å². The molecule has 0 saturated heterocycles. The van der Waals surface area contributed by atoms with Crippen molar-refractivity contribution in [3.63, 3.8) is 0 Å². The van der Waals surface area contributed by atoms with Crippen molar-refractivity contribution in [1.82, 2.24) is 5.32 Å². The highest BCUT2D eigenvalue weighted by Crippen LogP contribution is 2.31. The minimum Gasteiger partial charge on any atom is -0.497 e. The highest BCUT2D eigenvalue weighted by Gasteiger charge is 2.30. The number of benzene rings is 1. The molecule has 0 aliphatic heterocycles. The van der Waals surface area contributed by atoms with Gasteiger partial charge >= 0.3 is 5.97 Å². The third-order valence-corrected chi connectivity index (χ3v) is 3.99. The minimum absolute atomic E-state index is 0.115. The Hall–Kier alpha value is -1.75. The molecule has 1 aliphatic carbocycles. The molecule has 1 N–H and O–H groups in total. The zero-order valence-corrected chi connectivity index (χ0v) is 12.8. The lowest BCUT2D eigenvalue weighted by atomic mass is 9.78. The Balaban J connectivity index is 1.78. The second-order valence-electron chi connectivity index (χ2n) is 5.37. The topological polar surface area (TPSA) is 56.8 Å². The molecule has 0 unspecified atom stereocenters. The van der Waals surface area contributed by atoms with Gasteiger partial charge in [0, 0.05) is 30.6 Å². The van der Waals surface area contributed by atoms with Crippen molar-refractivity contribution in [3.8, 4) is 11.5 Å². The number of carbonyl (C=O) groups excluding carboxylic acids is 1. The van der Waals surface area contributed by atoms with Gasteiger partial charge in [0.25, 0.3) is 0 Å². The van der Waals surface area contributed by atoms with Gasteiger partial charge in [0.2, 0.25) is 0 Å². The molecule has 1 saturated carbocycles. The number of nitrogens with one attached hydrogen (secondary N) is 1. The van der Waals surface area contributed by atoms with Crippen LogP contribution in [0.5, 0.6) is 11.5 Å². The molecule has 0 atom stereocenters. The Labute approximate surface area is 125 Å². The lowest BCUT2D eigenvalue weighted by Gasteiger charge is -2.35. The fourth-order valence-corrected chi connectivity index (χ4v) is 2.64. The van der Waals surface area contributed by atoms with Gasteiger partial charge in [-0.15, -0.1) is 0 Å². The lowest BCUT2D eigenvalue weighted by Crippen LogP contribution is -2.41. The van der Waals surface area contributed by atoms with Crippen LogP contribution in [0.1, 0.15) is 24.8 Å². The summed E-state index contributed by atoms with van der Waals surface area (Å²) in [5.74, 6) is 1.95. The van der Waals surface area contributed by atoms with Crippen LogP contribution in [-0.4, -0.2) is 33.3 Å². The van der Waals surface area contributed by atoms with Crippen molar-refractivity contribution >= 4 is 5.97 Å². The van der Waals surface area contributed by atoms with Crippen LogP contribution < -0.4 is 14.8 Å². The SMILES string of the molecule is COC(=O)CC1CC(NCc2ccc(OC)cc2OC)C1. The second kappa shape index (κ2) is 7.31. The Kier molecular flexibility index (Phi) is 5.44. The maximum absolute atomic E-state index is 11.2. The standard InChI is InChI=1S/C16H23NO4/c1-19-14-5-4-12(15(9-14)20-2)10-17-13-6-11(7-13)8-16(18)21-3/h4-5,9,11,13,17H,6-8,10H2,1-3H3. The van der Waals surface area contributed by atoms with Gasteiger partial charge in [-0.25, -0.2) is 0 Å². The van der Waals surface area contributed by atoms with E-state index in [1.165, 1.54) is 7.11 Å². The summed E-state index contributed by atoms with van der Waals surface area (Å²) in [5, 5.41) is 3.50. The zero-order valence-electron chi connectivity index (χ0n) is 12.8. The molecule has 0 heterocycles. The van der Waals surface area contributed by atoms with Gasteiger partial charge in [0.05, 0.1) is 21.3 Å². The predicted molar refractivity (Wildman–Crippen MR) is 79.5 cm³/mol. The molecule has 0 amide bonds. The normalized spacial score (nSPS) is 20.5. The molecule has 21 heavy (non-hydrogen) atoms. The fraction of sp³-hybridized carbons (Fsp3) is 0.562. The molecule has 2 rings (SSSR count). The molecule has 0 bridgehead atoms. The summed E-state index contributed by atoms with van der Waals surface area (Å²) in [6, 6.07) is 6.29.